The summed E-state index contributed by atoms with van der Waals surface area (Å²) in [5.41, 5.74) is 3.71. The number of thiocarbonyl (C=S) groups is 1. The van der Waals surface area contributed by atoms with Gasteiger partial charge in [-0.2, -0.15) is 5.43 Å². The molecule has 0 aliphatic carbocycles. The number of esters is 1. The molecule has 2 aliphatic rings. The molecule has 1 unspecified atom stereocenters. The molecular formula is C18H14N2O5S3. The first-order chi connectivity index (χ1) is 13.5. The number of fused-ring (bicyclic) bond motifs is 1. The molecule has 2 aromatic rings. The molecular weight excluding hydrogens is 420 g/mol. The van der Waals surface area contributed by atoms with Crippen molar-refractivity contribution in [3.63, 3.8) is 0 Å². The molecule has 1 fully saturated rings. The summed E-state index contributed by atoms with van der Waals surface area (Å²) in [6, 6.07) is 7.19. The SMILES string of the molecule is COc1ccc2c(c1OC)C(=O)OC2NN1C(=O)/C(=C/c2cccs2)SC1=S. The summed E-state index contributed by atoms with van der Waals surface area (Å²) < 4.78 is 16.3. The summed E-state index contributed by atoms with van der Waals surface area (Å²) in [7, 11) is 2.93. The van der Waals surface area contributed by atoms with E-state index in [9.17, 15) is 9.59 Å². The second-order valence-electron chi connectivity index (χ2n) is 5.71. The maximum Gasteiger partial charge on any atom is 0.344 e. The molecule has 10 heteroatoms. The normalized spacial score (nSPS) is 19.9. The smallest absolute Gasteiger partial charge is 0.344 e. The van der Waals surface area contributed by atoms with E-state index in [4.69, 9.17) is 26.4 Å². The lowest BCUT2D eigenvalue weighted by atomic mass is 10.1. The Morgan fingerprint density at radius 1 is 1.25 bits per heavy atom. The van der Waals surface area contributed by atoms with Crippen molar-refractivity contribution in [1.82, 2.24) is 10.4 Å². The van der Waals surface area contributed by atoms with Gasteiger partial charge in [0.05, 0.1) is 19.1 Å². The van der Waals surface area contributed by atoms with Gasteiger partial charge in [0.2, 0.25) is 0 Å². The zero-order valence-corrected chi connectivity index (χ0v) is 17.2. The lowest BCUT2D eigenvalue weighted by Crippen LogP contribution is -2.43. The van der Waals surface area contributed by atoms with Gasteiger partial charge in [0.1, 0.15) is 5.56 Å². The summed E-state index contributed by atoms with van der Waals surface area (Å²) in [4.78, 5) is 26.6. The van der Waals surface area contributed by atoms with E-state index in [0.717, 1.165) is 4.88 Å². The standard InChI is InChI=1S/C18H14N2O5S3/c1-23-11-6-5-10-13(14(11)24-2)17(22)25-15(10)19-20-16(21)12(28-18(20)26)8-9-4-3-7-27-9/h3-8,15,19H,1-2H3/b12-8-. The fourth-order valence-electron chi connectivity index (χ4n) is 2.90. The van der Waals surface area contributed by atoms with Crippen LogP contribution in [-0.2, 0) is 9.53 Å². The second kappa shape index (κ2) is 7.55. The number of amides is 1. The van der Waals surface area contributed by atoms with Crippen molar-refractivity contribution in [2.45, 2.75) is 6.23 Å². The number of ether oxygens (including phenoxy) is 3. The van der Waals surface area contributed by atoms with Crippen LogP contribution in [0.15, 0.2) is 34.6 Å². The van der Waals surface area contributed by atoms with Crippen LogP contribution in [0.5, 0.6) is 11.5 Å². The lowest BCUT2D eigenvalue weighted by Gasteiger charge is -2.21. The highest BCUT2D eigenvalue weighted by molar-refractivity contribution is 8.26. The predicted molar refractivity (Wildman–Crippen MR) is 110 cm³/mol. The van der Waals surface area contributed by atoms with Crippen LogP contribution in [-0.4, -0.2) is 35.4 Å². The largest absolute Gasteiger partial charge is 0.493 e. The number of thiophene rings is 1. The minimum absolute atomic E-state index is 0.263. The highest BCUT2D eigenvalue weighted by Gasteiger charge is 2.40. The molecule has 1 saturated heterocycles. The Balaban J connectivity index is 1.61. The Morgan fingerprint density at radius 2 is 2.07 bits per heavy atom. The van der Waals surface area contributed by atoms with Crippen LogP contribution in [0.4, 0.5) is 0 Å². The zero-order valence-electron chi connectivity index (χ0n) is 14.8. The molecule has 144 valence electrons. The van der Waals surface area contributed by atoms with Crippen LogP contribution < -0.4 is 14.9 Å². The number of benzene rings is 1. The molecule has 7 nitrogen and oxygen atoms in total. The molecule has 0 saturated carbocycles. The maximum absolute atomic E-state index is 12.8. The van der Waals surface area contributed by atoms with Gasteiger partial charge >= 0.3 is 5.97 Å². The van der Waals surface area contributed by atoms with Crippen molar-refractivity contribution in [2.24, 2.45) is 0 Å². The number of nitrogens with one attached hydrogen (secondary N) is 1. The number of hydrazine groups is 1. The zero-order chi connectivity index (χ0) is 19.8. The Labute approximate surface area is 174 Å². The van der Waals surface area contributed by atoms with Gasteiger partial charge in [-0.3, -0.25) is 4.79 Å². The lowest BCUT2D eigenvalue weighted by molar-refractivity contribution is -0.126. The third-order valence-corrected chi connectivity index (χ3v) is 6.27. The topological polar surface area (TPSA) is 77.1 Å². The minimum atomic E-state index is -0.870. The summed E-state index contributed by atoms with van der Waals surface area (Å²) >= 11 is 8.04. The Hall–Kier alpha value is -2.40. The number of rotatable bonds is 5. The van der Waals surface area contributed by atoms with Crippen LogP contribution in [0.1, 0.15) is 27.0 Å². The third kappa shape index (κ3) is 3.18. The van der Waals surface area contributed by atoms with Crippen LogP contribution in [0.2, 0.25) is 0 Å². The number of cyclic esters (lactones) is 1. The van der Waals surface area contributed by atoms with Gasteiger partial charge in [0.25, 0.3) is 5.91 Å². The summed E-state index contributed by atoms with van der Waals surface area (Å²) in [6.45, 7) is 0. The first-order valence-electron chi connectivity index (χ1n) is 8.07. The molecule has 0 spiro atoms. The minimum Gasteiger partial charge on any atom is -0.493 e. The molecule has 1 aromatic heterocycles. The number of carbonyl (C=O) groups is 2. The summed E-state index contributed by atoms with van der Waals surface area (Å²) in [5, 5.41) is 3.16. The number of nitrogens with zero attached hydrogens (tertiary/aromatic N) is 1. The van der Waals surface area contributed by atoms with Crippen molar-refractivity contribution in [2.75, 3.05) is 14.2 Å². The van der Waals surface area contributed by atoms with Crippen molar-refractivity contribution in [3.05, 3.63) is 50.6 Å². The van der Waals surface area contributed by atoms with Crippen LogP contribution in [0, 0.1) is 0 Å². The Kier molecular flexibility index (Phi) is 5.11. The van der Waals surface area contributed by atoms with Gasteiger partial charge in [0, 0.05) is 10.4 Å². The number of carbonyl (C=O) groups excluding carboxylic acids is 2. The van der Waals surface area contributed by atoms with Gasteiger partial charge < -0.3 is 14.2 Å². The molecule has 2 aliphatic heterocycles. The van der Waals surface area contributed by atoms with Crippen molar-refractivity contribution in [1.29, 1.82) is 0 Å². The van der Waals surface area contributed by atoms with Crippen molar-refractivity contribution in [3.8, 4) is 11.5 Å². The Morgan fingerprint density at radius 3 is 2.75 bits per heavy atom. The third-order valence-electron chi connectivity index (χ3n) is 4.15. The van der Waals surface area contributed by atoms with E-state index in [1.165, 1.54) is 42.3 Å². The maximum atomic E-state index is 12.8. The van der Waals surface area contributed by atoms with Gasteiger partial charge in [0.15, 0.2) is 22.0 Å². The van der Waals surface area contributed by atoms with E-state index in [0.29, 0.717) is 20.5 Å². The quantitative estimate of drug-likeness (QED) is 0.436. The number of methoxy groups -OCH3 is 2. The Bertz CT molecular complexity index is 1000. The van der Waals surface area contributed by atoms with Gasteiger partial charge in [-0.1, -0.05) is 30.0 Å². The van der Waals surface area contributed by atoms with Crippen LogP contribution in [0.25, 0.3) is 6.08 Å². The molecule has 1 atom stereocenters. The van der Waals surface area contributed by atoms with Gasteiger partial charge in [-0.25, -0.2) is 9.80 Å². The molecule has 28 heavy (non-hydrogen) atoms. The van der Waals surface area contributed by atoms with E-state index in [-0.39, 0.29) is 17.2 Å². The molecule has 0 radical (unpaired) electrons. The first-order valence-corrected chi connectivity index (χ1v) is 10.2. The average Bonchev–Trinajstić information content (AvgIpc) is 3.37. The monoisotopic (exact) mass is 434 g/mol. The van der Waals surface area contributed by atoms with Crippen LogP contribution in [0.3, 0.4) is 0 Å². The molecule has 3 heterocycles. The molecule has 1 amide bonds. The van der Waals surface area contributed by atoms with Crippen LogP contribution >= 0.6 is 35.3 Å². The van der Waals surface area contributed by atoms with E-state index in [2.05, 4.69) is 5.43 Å². The molecule has 1 N–H and O–H groups in total. The fraction of sp³-hybridized carbons (Fsp3) is 0.167. The highest BCUT2D eigenvalue weighted by atomic mass is 32.2. The van der Waals surface area contributed by atoms with Crippen molar-refractivity contribution < 1.29 is 23.8 Å². The first kappa shape index (κ1) is 18.9. The number of thioether (sulfide) groups is 1. The predicted octanol–water partition coefficient (Wildman–Crippen LogP) is 3.34. The fourth-order valence-corrected chi connectivity index (χ4v) is 4.81. The van der Waals surface area contributed by atoms with Gasteiger partial charge in [-0.05, 0) is 29.7 Å². The van der Waals surface area contributed by atoms with E-state index in [1.807, 2.05) is 17.5 Å². The average molecular weight is 435 g/mol. The number of hydrogen-bond donors (Lipinski definition) is 1. The number of hydrogen-bond acceptors (Lipinski definition) is 9. The van der Waals surface area contributed by atoms with E-state index < -0.39 is 12.2 Å². The second-order valence-corrected chi connectivity index (χ2v) is 8.37. The van der Waals surface area contributed by atoms with Crippen molar-refractivity contribution >= 4 is 57.6 Å². The van der Waals surface area contributed by atoms with Gasteiger partial charge in [-0.15, -0.1) is 11.3 Å². The molecule has 1 aromatic carbocycles. The van der Waals surface area contributed by atoms with E-state index in [1.54, 1.807) is 18.2 Å². The summed E-state index contributed by atoms with van der Waals surface area (Å²) in [5.74, 6) is -0.156. The van der Waals surface area contributed by atoms with E-state index >= 15 is 0 Å². The highest BCUT2D eigenvalue weighted by Crippen LogP contribution is 2.42. The molecule has 0 bridgehead atoms. The molecule has 4 rings (SSSR count). The summed E-state index contributed by atoms with van der Waals surface area (Å²) in [6.07, 6.45) is 0.916.